The van der Waals surface area contributed by atoms with Crippen LogP contribution in [0.25, 0.3) is 17.2 Å². The third-order valence-corrected chi connectivity index (χ3v) is 5.45. The molecule has 0 aliphatic carbocycles. The zero-order valence-electron chi connectivity index (χ0n) is 17.0. The van der Waals surface area contributed by atoms with Crippen LogP contribution in [0.3, 0.4) is 0 Å². The Hall–Kier alpha value is -3.14. The van der Waals surface area contributed by atoms with Gasteiger partial charge in [0.05, 0.1) is 4.91 Å². The molecule has 6 nitrogen and oxygen atoms in total. The summed E-state index contributed by atoms with van der Waals surface area (Å²) in [7, 11) is 0. The van der Waals surface area contributed by atoms with E-state index < -0.39 is 23.3 Å². The molecule has 1 N–H and O–H groups in total. The number of halogens is 3. The van der Waals surface area contributed by atoms with Gasteiger partial charge in [-0.3, -0.25) is 14.9 Å². The highest BCUT2D eigenvalue weighted by atomic mass is 32.2. The highest BCUT2D eigenvalue weighted by molar-refractivity contribution is 8.18. The van der Waals surface area contributed by atoms with Crippen LogP contribution in [0, 0.1) is 5.92 Å². The van der Waals surface area contributed by atoms with Crippen LogP contribution in [0.2, 0.25) is 0 Å². The number of imide groups is 1. The fourth-order valence-electron chi connectivity index (χ4n) is 3.49. The smallest absolute Gasteiger partial charge is 0.454 e. The van der Waals surface area contributed by atoms with Gasteiger partial charge in [-0.25, -0.2) is 0 Å². The average Bonchev–Trinajstić information content (AvgIpc) is 3.26. The molecule has 0 spiro atoms. The summed E-state index contributed by atoms with van der Waals surface area (Å²) < 4.78 is 54.6. The maximum Gasteiger partial charge on any atom is 0.573 e. The van der Waals surface area contributed by atoms with Crippen molar-refractivity contribution >= 4 is 29.0 Å². The Morgan fingerprint density at radius 1 is 1.16 bits per heavy atom. The van der Waals surface area contributed by atoms with Crippen molar-refractivity contribution in [3.05, 3.63) is 46.4 Å². The Kier molecular flexibility index (Phi) is 5.81. The summed E-state index contributed by atoms with van der Waals surface area (Å²) >= 11 is 0.719. The first-order valence-electron chi connectivity index (χ1n) is 9.66. The summed E-state index contributed by atoms with van der Waals surface area (Å²) in [5.74, 6) is 0.0849. The number of benzene rings is 2. The third-order valence-electron chi connectivity index (χ3n) is 4.64. The summed E-state index contributed by atoms with van der Waals surface area (Å²) in [6.07, 6.45) is -2.79. The van der Waals surface area contributed by atoms with Crippen LogP contribution in [0.1, 0.15) is 25.0 Å². The third kappa shape index (κ3) is 4.85. The van der Waals surface area contributed by atoms with Gasteiger partial charge in [0.25, 0.3) is 11.1 Å². The van der Waals surface area contributed by atoms with Crippen LogP contribution >= 0.6 is 11.8 Å². The maximum atomic E-state index is 13.1. The minimum absolute atomic E-state index is 0.0500. The lowest BCUT2D eigenvalue weighted by atomic mass is 9.95. The number of carbonyl (C=O) groups excluding carboxylic acids is 2. The van der Waals surface area contributed by atoms with E-state index in [4.69, 9.17) is 9.47 Å². The quantitative estimate of drug-likeness (QED) is 0.588. The molecule has 2 amide bonds. The molecule has 4 rings (SSSR count). The predicted octanol–water partition coefficient (Wildman–Crippen LogP) is 5.50. The molecule has 2 heterocycles. The molecule has 10 heteroatoms. The monoisotopic (exact) mass is 465 g/mol. The van der Waals surface area contributed by atoms with Crippen molar-refractivity contribution in [1.29, 1.82) is 0 Å². The van der Waals surface area contributed by atoms with Crippen molar-refractivity contribution in [3.8, 4) is 28.4 Å². The number of hydrogen-bond donors (Lipinski definition) is 1. The molecule has 0 bridgehead atoms. The van der Waals surface area contributed by atoms with Gasteiger partial charge in [0.15, 0.2) is 11.5 Å². The molecule has 0 aromatic heterocycles. The molecule has 2 aliphatic heterocycles. The van der Waals surface area contributed by atoms with Gasteiger partial charge in [-0.1, -0.05) is 19.9 Å². The van der Waals surface area contributed by atoms with E-state index in [1.807, 2.05) is 19.9 Å². The Bertz CT molecular complexity index is 1130. The topological polar surface area (TPSA) is 73.9 Å². The van der Waals surface area contributed by atoms with Crippen molar-refractivity contribution in [2.75, 3.05) is 6.79 Å². The lowest BCUT2D eigenvalue weighted by Gasteiger charge is -2.17. The molecule has 32 heavy (non-hydrogen) atoms. The zero-order valence-corrected chi connectivity index (χ0v) is 17.9. The molecular weight excluding hydrogens is 447 g/mol. The van der Waals surface area contributed by atoms with Crippen LogP contribution in [0.4, 0.5) is 18.0 Å². The second-order valence-corrected chi connectivity index (χ2v) is 8.65. The molecular formula is C22H18F3NO5S. The van der Waals surface area contributed by atoms with E-state index in [1.165, 1.54) is 24.3 Å². The summed E-state index contributed by atoms with van der Waals surface area (Å²) in [6, 6.07) is 7.58. The number of rotatable bonds is 5. The molecule has 2 aliphatic rings. The highest BCUT2D eigenvalue weighted by Gasteiger charge is 2.33. The second kappa shape index (κ2) is 8.42. The van der Waals surface area contributed by atoms with Crippen LogP contribution in [-0.4, -0.2) is 24.3 Å². The largest absolute Gasteiger partial charge is 0.573 e. The van der Waals surface area contributed by atoms with Gasteiger partial charge in [-0.2, -0.15) is 0 Å². The van der Waals surface area contributed by atoms with E-state index >= 15 is 0 Å². The number of fused-ring (bicyclic) bond motifs is 1. The summed E-state index contributed by atoms with van der Waals surface area (Å²) in [5.41, 5.74) is 1.80. The Balaban J connectivity index is 1.86. The number of amides is 2. The summed E-state index contributed by atoms with van der Waals surface area (Å²) in [5, 5.41) is 1.63. The molecule has 2 aromatic rings. The lowest BCUT2D eigenvalue weighted by Crippen LogP contribution is -2.18. The Morgan fingerprint density at radius 2 is 1.94 bits per heavy atom. The van der Waals surface area contributed by atoms with Crippen molar-refractivity contribution in [1.82, 2.24) is 5.32 Å². The molecule has 0 radical (unpaired) electrons. The van der Waals surface area contributed by atoms with Crippen molar-refractivity contribution in [3.63, 3.8) is 0 Å². The molecule has 2 aromatic carbocycles. The minimum atomic E-state index is -4.90. The Morgan fingerprint density at radius 3 is 2.59 bits per heavy atom. The Labute approximate surface area is 185 Å². The van der Waals surface area contributed by atoms with Gasteiger partial charge in [-0.15, -0.1) is 13.2 Å². The number of hydrogen-bond acceptors (Lipinski definition) is 6. The molecule has 168 valence electrons. The first-order chi connectivity index (χ1) is 15.1. The van der Waals surface area contributed by atoms with E-state index in [2.05, 4.69) is 10.1 Å². The molecule has 1 saturated heterocycles. The van der Waals surface area contributed by atoms with Crippen LogP contribution in [0.15, 0.2) is 35.2 Å². The fourth-order valence-corrected chi connectivity index (χ4v) is 4.17. The first kappa shape index (κ1) is 22.1. The van der Waals surface area contributed by atoms with Crippen LogP contribution in [0.5, 0.6) is 17.2 Å². The van der Waals surface area contributed by atoms with Gasteiger partial charge >= 0.3 is 6.36 Å². The lowest BCUT2D eigenvalue weighted by molar-refractivity contribution is -0.274. The number of thioether (sulfide) groups is 1. The van der Waals surface area contributed by atoms with Crippen molar-refractivity contribution in [2.24, 2.45) is 5.92 Å². The summed E-state index contributed by atoms with van der Waals surface area (Å²) in [6.45, 7) is 4.01. The van der Waals surface area contributed by atoms with E-state index in [1.54, 1.807) is 6.07 Å². The predicted molar refractivity (Wildman–Crippen MR) is 112 cm³/mol. The number of ether oxygens (including phenoxy) is 3. The van der Waals surface area contributed by atoms with Crippen LogP contribution < -0.4 is 19.5 Å². The van der Waals surface area contributed by atoms with Gasteiger partial charge in [-0.05, 0) is 65.6 Å². The van der Waals surface area contributed by atoms with Gasteiger partial charge in [0.1, 0.15) is 5.75 Å². The zero-order chi connectivity index (χ0) is 23.0. The highest BCUT2D eigenvalue weighted by Crippen LogP contribution is 2.47. The molecule has 0 unspecified atom stereocenters. The number of carbonyl (C=O) groups is 2. The molecule has 0 atom stereocenters. The second-order valence-electron chi connectivity index (χ2n) is 7.63. The summed E-state index contributed by atoms with van der Waals surface area (Å²) in [4.78, 5) is 23.4. The molecule has 0 saturated carbocycles. The standard InChI is InChI=1S/C22H18F3NO5S/c1-11(2)5-13-7-15(19-17(8-13)29-10-30-19)14-6-12(3-4-16(14)31-22(23,24)25)9-18-20(27)26-21(28)32-18/h3-4,6-9,11H,5,10H2,1-2H3,(H,26,27,28)/b18-9-. The normalized spacial score (nSPS) is 16.8. The van der Waals surface area contributed by atoms with Crippen molar-refractivity contribution < 1.29 is 37.0 Å². The average molecular weight is 465 g/mol. The van der Waals surface area contributed by atoms with Gasteiger partial charge in [0, 0.05) is 11.1 Å². The van der Waals surface area contributed by atoms with E-state index in [0.717, 1.165) is 17.3 Å². The SMILES string of the molecule is CC(C)Cc1cc2c(c(-c3cc(/C=C4\SC(=O)NC4=O)ccc3OC(F)(F)F)c1)OCO2. The first-order valence-corrected chi connectivity index (χ1v) is 10.5. The molecule has 1 fully saturated rings. The van der Waals surface area contributed by atoms with E-state index in [0.29, 0.717) is 35.0 Å². The number of alkyl halides is 3. The van der Waals surface area contributed by atoms with Crippen molar-refractivity contribution in [2.45, 2.75) is 26.6 Å². The van der Waals surface area contributed by atoms with E-state index in [-0.39, 0.29) is 17.3 Å². The van der Waals surface area contributed by atoms with E-state index in [9.17, 15) is 22.8 Å². The maximum absolute atomic E-state index is 13.1. The van der Waals surface area contributed by atoms with Gasteiger partial charge in [0.2, 0.25) is 6.79 Å². The van der Waals surface area contributed by atoms with Gasteiger partial charge < -0.3 is 14.2 Å². The minimum Gasteiger partial charge on any atom is -0.454 e. The number of nitrogens with one attached hydrogen (secondary N) is 1. The fraction of sp³-hybridized carbons (Fsp3) is 0.273. The van der Waals surface area contributed by atoms with Crippen LogP contribution in [-0.2, 0) is 11.2 Å².